The lowest BCUT2D eigenvalue weighted by Crippen LogP contribution is -2.59. The zero-order valence-corrected chi connectivity index (χ0v) is 13.8. The van der Waals surface area contributed by atoms with E-state index in [1.807, 2.05) is 6.92 Å². The van der Waals surface area contributed by atoms with Gasteiger partial charge < -0.3 is 15.6 Å². The quantitative estimate of drug-likeness (QED) is 0.780. The summed E-state index contributed by atoms with van der Waals surface area (Å²) >= 11 is 6.29. The number of hydrogen-bond acceptors (Lipinski definition) is 4. The summed E-state index contributed by atoms with van der Waals surface area (Å²) in [4.78, 5) is 4.46. The molecule has 126 valence electrons. The fourth-order valence-corrected chi connectivity index (χ4v) is 4.92. The zero-order chi connectivity index (χ0) is 15.9. The lowest BCUT2D eigenvalue weighted by Gasteiger charge is -2.45. The smallest absolute Gasteiger partial charge is 0.132 e. The van der Waals surface area contributed by atoms with Crippen molar-refractivity contribution in [1.29, 1.82) is 0 Å². The molecule has 1 aliphatic heterocycles. The maximum absolute atomic E-state index is 14.6. The van der Waals surface area contributed by atoms with E-state index in [4.69, 9.17) is 22.1 Å². The first-order chi connectivity index (χ1) is 10.5. The highest BCUT2D eigenvalue weighted by atomic mass is 35.5. The van der Waals surface area contributed by atoms with Crippen LogP contribution in [0.25, 0.3) is 0 Å². The van der Waals surface area contributed by atoms with E-state index in [0.717, 1.165) is 12.8 Å². The van der Waals surface area contributed by atoms with Crippen molar-refractivity contribution in [2.75, 3.05) is 6.61 Å². The van der Waals surface area contributed by atoms with Gasteiger partial charge in [-0.1, -0.05) is 0 Å². The number of aliphatic hydroxyl groups is 1. The summed E-state index contributed by atoms with van der Waals surface area (Å²) in [7, 11) is 0. The maximum atomic E-state index is 14.6. The number of amidine groups is 1. The molecule has 3 rings (SSSR count). The molecule has 0 aromatic heterocycles. The predicted molar refractivity (Wildman–Crippen MR) is 85.0 cm³/mol. The molecule has 0 radical (unpaired) electrons. The van der Waals surface area contributed by atoms with Crippen LogP contribution in [0.4, 0.5) is 4.39 Å². The Morgan fingerprint density at radius 1 is 1.32 bits per heavy atom. The molecule has 0 aromatic rings. The molecule has 7 unspecified atom stereocenters. The molecule has 3 N–H and O–H groups in total. The van der Waals surface area contributed by atoms with E-state index >= 15 is 0 Å². The Morgan fingerprint density at radius 2 is 2.09 bits per heavy atom. The molecule has 4 nitrogen and oxygen atoms in total. The number of nitrogens with zero attached hydrogens (tertiary/aromatic N) is 1. The molecule has 2 saturated carbocycles. The van der Waals surface area contributed by atoms with Crippen LogP contribution in [0, 0.1) is 11.8 Å². The Labute approximate surface area is 136 Å². The van der Waals surface area contributed by atoms with Crippen molar-refractivity contribution >= 4 is 17.4 Å². The Bertz CT molecular complexity index is 450. The minimum Gasteiger partial charge on any atom is -0.385 e. The fraction of sp³-hybridized carbons (Fsp3) is 0.938. The largest absolute Gasteiger partial charge is 0.385 e. The van der Waals surface area contributed by atoms with Gasteiger partial charge in [0.15, 0.2) is 0 Å². The van der Waals surface area contributed by atoms with Crippen molar-refractivity contribution in [3.63, 3.8) is 0 Å². The van der Waals surface area contributed by atoms with Gasteiger partial charge in [-0.15, -0.1) is 11.6 Å². The van der Waals surface area contributed by atoms with Crippen molar-refractivity contribution in [3.8, 4) is 0 Å². The van der Waals surface area contributed by atoms with E-state index in [-0.39, 0.29) is 29.3 Å². The van der Waals surface area contributed by atoms with Gasteiger partial charge in [-0.2, -0.15) is 0 Å². The van der Waals surface area contributed by atoms with E-state index in [1.165, 1.54) is 0 Å². The van der Waals surface area contributed by atoms with Gasteiger partial charge in [0.25, 0.3) is 0 Å². The van der Waals surface area contributed by atoms with Gasteiger partial charge in [0.05, 0.1) is 12.1 Å². The predicted octanol–water partition coefficient (Wildman–Crippen LogP) is 2.41. The Kier molecular flexibility index (Phi) is 4.68. The van der Waals surface area contributed by atoms with Crippen molar-refractivity contribution in [2.45, 2.75) is 74.7 Å². The number of nitrogens with two attached hydrogens (primary N) is 1. The molecular formula is C16H26ClFN2O2. The van der Waals surface area contributed by atoms with Crippen LogP contribution in [-0.4, -0.2) is 46.8 Å². The van der Waals surface area contributed by atoms with E-state index in [9.17, 15) is 9.50 Å². The second-order valence-electron chi connectivity index (χ2n) is 6.94. The normalized spacial score (nSPS) is 48.8. The van der Waals surface area contributed by atoms with Gasteiger partial charge in [-0.25, -0.2) is 4.39 Å². The molecule has 6 heteroatoms. The molecule has 0 bridgehead atoms. The molecule has 0 amide bonds. The first kappa shape index (κ1) is 16.5. The molecule has 3 aliphatic rings. The monoisotopic (exact) mass is 332 g/mol. The highest BCUT2D eigenvalue weighted by Crippen LogP contribution is 2.49. The summed E-state index contributed by atoms with van der Waals surface area (Å²) in [6, 6.07) is -0.0142. The highest BCUT2D eigenvalue weighted by Gasteiger charge is 2.58. The minimum absolute atomic E-state index is 0.00624. The van der Waals surface area contributed by atoms with Gasteiger partial charge in [0.2, 0.25) is 0 Å². The van der Waals surface area contributed by atoms with Crippen LogP contribution in [0.1, 0.15) is 45.4 Å². The first-order valence-corrected chi connectivity index (χ1v) is 8.86. The fourth-order valence-electron chi connectivity index (χ4n) is 4.61. The molecule has 7 atom stereocenters. The molecule has 1 heterocycles. The molecule has 0 aromatic carbocycles. The van der Waals surface area contributed by atoms with E-state index in [1.54, 1.807) is 0 Å². The first-order valence-electron chi connectivity index (χ1n) is 8.42. The summed E-state index contributed by atoms with van der Waals surface area (Å²) in [6.45, 7) is 2.54. The van der Waals surface area contributed by atoms with Gasteiger partial charge in [-0.3, -0.25) is 4.99 Å². The van der Waals surface area contributed by atoms with Crippen LogP contribution >= 0.6 is 11.6 Å². The summed E-state index contributed by atoms with van der Waals surface area (Å²) in [5.74, 6) is -0.496. The van der Waals surface area contributed by atoms with Crippen molar-refractivity contribution < 1.29 is 14.2 Å². The van der Waals surface area contributed by atoms with Crippen molar-refractivity contribution in [1.82, 2.24) is 0 Å². The number of alkyl halides is 2. The molecule has 0 saturated heterocycles. The van der Waals surface area contributed by atoms with E-state index < -0.39 is 17.7 Å². The van der Waals surface area contributed by atoms with Gasteiger partial charge in [0, 0.05) is 23.8 Å². The van der Waals surface area contributed by atoms with E-state index in [2.05, 4.69) is 4.99 Å². The van der Waals surface area contributed by atoms with Crippen LogP contribution in [0.3, 0.4) is 0 Å². The summed E-state index contributed by atoms with van der Waals surface area (Å²) in [5.41, 5.74) is 4.71. The topological polar surface area (TPSA) is 67.8 Å². The molecule has 0 spiro atoms. The summed E-state index contributed by atoms with van der Waals surface area (Å²) in [5, 5.41) is 11.4. The van der Waals surface area contributed by atoms with Crippen LogP contribution in [0.5, 0.6) is 0 Å². The zero-order valence-electron chi connectivity index (χ0n) is 13.0. The summed E-state index contributed by atoms with van der Waals surface area (Å²) < 4.78 is 20.3. The number of aliphatic imine (C=N–C) groups is 1. The molecule has 2 aliphatic carbocycles. The van der Waals surface area contributed by atoms with E-state index in [0.29, 0.717) is 32.3 Å². The number of fused-ring (bicyclic) bond motifs is 1. The minimum atomic E-state index is -1.37. The maximum Gasteiger partial charge on any atom is 0.132 e. The third-order valence-corrected chi connectivity index (χ3v) is 6.11. The SMILES string of the molecule is CCOC1CCC(F)C(C2(O)C(N)=NC3CCC(Cl)CC32)C1. The van der Waals surface area contributed by atoms with Crippen LogP contribution in [0.2, 0.25) is 0 Å². The second-order valence-corrected chi connectivity index (χ2v) is 7.55. The third kappa shape index (κ3) is 2.65. The lowest BCUT2D eigenvalue weighted by molar-refractivity contribution is -0.0926. The van der Waals surface area contributed by atoms with Gasteiger partial charge in [0.1, 0.15) is 17.6 Å². The molecule has 2 fully saturated rings. The number of hydrogen-bond donors (Lipinski definition) is 2. The van der Waals surface area contributed by atoms with Crippen LogP contribution < -0.4 is 5.73 Å². The molecular weight excluding hydrogens is 307 g/mol. The Hall–Kier alpha value is -0.390. The number of rotatable bonds is 3. The molecule has 22 heavy (non-hydrogen) atoms. The average molecular weight is 333 g/mol. The average Bonchev–Trinajstić information content (AvgIpc) is 2.74. The van der Waals surface area contributed by atoms with Crippen LogP contribution in [-0.2, 0) is 4.74 Å². The standard InChI is InChI=1S/C16H26ClFN2O2/c1-2-22-10-4-5-13(18)11(8-10)16(21)12-7-9(17)3-6-14(12)20-15(16)19/h9-14,21H,2-8H2,1H3,(H2,19,20). The number of ether oxygens (including phenoxy) is 1. The summed E-state index contributed by atoms with van der Waals surface area (Å²) in [6.07, 6.45) is 2.88. The van der Waals surface area contributed by atoms with Crippen LogP contribution in [0.15, 0.2) is 4.99 Å². The highest BCUT2D eigenvalue weighted by molar-refractivity contribution is 6.20. The second kappa shape index (κ2) is 6.25. The Balaban J connectivity index is 1.85. The third-order valence-electron chi connectivity index (χ3n) is 5.72. The van der Waals surface area contributed by atoms with Crippen molar-refractivity contribution in [2.24, 2.45) is 22.6 Å². The lowest BCUT2D eigenvalue weighted by atomic mass is 9.65. The van der Waals surface area contributed by atoms with Gasteiger partial charge >= 0.3 is 0 Å². The van der Waals surface area contributed by atoms with Gasteiger partial charge in [-0.05, 0) is 45.4 Å². The number of halogens is 2. The Morgan fingerprint density at radius 3 is 2.82 bits per heavy atom. The van der Waals surface area contributed by atoms with Crippen molar-refractivity contribution in [3.05, 3.63) is 0 Å².